The summed E-state index contributed by atoms with van der Waals surface area (Å²) in [7, 11) is 2.07. The van der Waals surface area contributed by atoms with E-state index in [9.17, 15) is 0 Å². The fourth-order valence-corrected chi connectivity index (χ4v) is 3.71. The molecule has 0 saturated heterocycles. The summed E-state index contributed by atoms with van der Waals surface area (Å²) < 4.78 is 6.72. The lowest BCUT2D eigenvalue weighted by atomic mass is 10.2. The van der Waals surface area contributed by atoms with Crippen LogP contribution in [0.1, 0.15) is 11.5 Å². The molecule has 0 spiro atoms. The molecule has 0 saturated carbocycles. The maximum atomic E-state index is 5.40. The molecular formula is C19H17N3OS. The number of nitrogens with zero attached hydrogens (tertiary/aromatic N) is 3. The maximum Gasteiger partial charge on any atom is 0.241 e. The summed E-state index contributed by atoms with van der Waals surface area (Å²) in [5.41, 5.74) is 2.31. The van der Waals surface area contributed by atoms with Crippen molar-refractivity contribution in [2.45, 2.75) is 13.1 Å². The maximum absolute atomic E-state index is 5.40. The second-order valence-electron chi connectivity index (χ2n) is 5.81. The standard InChI is InChI=1S/C19H17N3OS/c1-22(11-15-13-24-17-10-6-5-9-16(15)17)12-18-20-19(21-23-18)14-7-3-2-4-8-14/h2-10,13H,11-12H2,1H3. The van der Waals surface area contributed by atoms with E-state index in [-0.39, 0.29) is 0 Å². The normalized spacial score (nSPS) is 11.4. The predicted octanol–water partition coefficient (Wildman–Crippen LogP) is 4.58. The van der Waals surface area contributed by atoms with E-state index in [4.69, 9.17) is 4.52 Å². The van der Waals surface area contributed by atoms with Gasteiger partial charge in [-0.05, 0) is 29.4 Å². The van der Waals surface area contributed by atoms with Gasteiger partial charge in [0, 0.05) is 16.8 Å². The molecule has 4 aromatic rings. The molecule has 2 aromatic carbocycles. The number of fused-ring (bicyclic) bond motifs is 1. The lowest BCUT2D eigenvalue weighted by Gasteiger charge is -2.13. The average Bonchev–Trinajstić information content (AvgIpc) is 3.23. The highest BCUT2D eigenvalue weighted by Crippen LogP contribution is 2.26. The van der Waals surface area contributed by atoms with Gasteiger partial charge in [0.25, 0.3) is 0 Å². The first-order valence-electron chi connectivity index (χ1n) is 7.81. The molecule has 2 aromatic heterocycles. The van der Waals surface area contributed by atoms with Crippen molar-refractivity contribution in [2.24, 2.45) is 0 Å². The molecule has 0 aliphatic carbocycles. The van der Waals surface area contributed by atoms with Gasteiger partial charge in [-0.2, -0.15) is 4.98 Å². The Labute approximate surface area is 144 Å². The zero-order valence-corrected chi connectivity index (χ0v) is 14.2. The molecular weight excluding hydrogens is 318 g/mol. The van der Waals surface area contributed by atoms with Crippen LogP contribution < -0.4 is 0 Å². The summed E-state index contributed by atoms with van der Waals surface area (Å²) in [6.07, 6.45) is 0. The van der Waals surface area contributed by atoms with Gasteiger partial charge in [0.05, 0.1) is 6.54 Å². The van der Waals surface area contributed by atoms with Gasteiger partial charge in [0.15, 0.2) is 0 Å². The summed E-state index contributed by atoms with van der Waals surface area (Å²) in [6.45, 7) is 1.48. The summed E-state index contributed by atoms with van der Waals surface area (Å²) in [4.78, 5) is 6.69. The van der Waals surface area contributed by atoms with E-state index >= 15 is 0 Å². The lowest BCUT2D eigenvalue weighted by Crippen LogP contribution is -2.17. The molecule has 120 valence electrons. The number of hydrogen-bond acceptors (Lipinski definition) is 5. The Hall–Kier alpha value is -2.50. The SMILES string of the molecule is CN(Cc1nc(-c2ccccc2)no1)Cc1csc2ccccc12. The van der Waals surface area contributed by atoms with Gasteiger partial charge in [-0.15, -0.1) is 11.3 Å². The van der Waals surface area contributed by atoms with Crippen molar-refractivity contribution in [3.8, 4) is 11.4 Å². The largest absolute Gasteiger partial charge is 0.338 e. The van der Waals surface area contributed by atoms with Crippen molar-refractivity contribution in [3.05, 3.63) is 71.4 Å². The highest BCUT2D eigenvalue weighted by Gasteiger charge is 2.12. The first-order chi connectivity index (χ1) is 11.8. The van der Waals surface area contributed by atoms with E-state index in [2.05, 4.69) is 51.7 Å². The van der Waals surface area contributed by atoms with Gasteiger partial charge in [-0.25, -0.2) is 0 Å². The van der Waals surface area contributed by atoms with Gasteiger partial charge in [-0.3, -0.25) is 4.90 Å². The fourth-order valence-electron chi connectivity index (χ4n) is 2.76. The Morgan fingerprint density at radius 1 is 1.00 bits per heavy atom. The average molecular weight is 335 g/mol. The van der Waals surface area contributed by atoms with Gasteiger partial charge < -0.3 is 4.52 Å². The minimum Gasteiger partial charge on any atom is -0.338 e. The monoisotopic (exact) mass is 335 g/mol. The third kappa shape index (κ3) is 3.09. The minimum atomic E-state index is 0.629. The summed E-state index contributed by atoms with van der Waals surface area (Å²) >= 11 is 1.79. The van der Waals surface area contributed by atoms with Crippen LogP contribution in [0.2, 0.25) is 0 Å². The van der Waals surface area contributed by atoms with Crippen LogP contribution in [0.15, 0.2) is 64.5 Å². The molecule has 0 unspecified atom stereocenters. The van der Waals surface area contributed by atoms with E-state index in [1.165, 1.54) is 15.6 Å². The van der Waals surface area contributed by atoms with Crippen LogP contribution in [0.5, 0.6) is 0 Å². The zero-order valence-electron chi connectivity index (χ0n) is 13.3. The predicted molar refractivity (Wildman–Crippen MR) is 96.7 cm³/mol. The second-order valence-corrected chi connectivity index (χ2v) is 6.72. The van der Waals surface area contributed by atoms with Crippen molar-refractivity contribution in [1.82, 2.24) is 15.0 Å². The molecule has 0 amide bonds. The van der Waals surface area contributed by atoms with Crippen LogP contribution in [0.25, 0.3) is 21.5 Å². The Morgan fingerprint density at radius 2 is 1.79 bits per heavy atom. The van der Waals surface area contributed by atoms with E-state index in [1.807, 2.05) is 30.3 Å². The highest BCUT2D eigenvalue weighted by atomic mass is 32.1. The van der Waals surface area contributed by atoms with E-state index in [1.54, 1.807) is 11.3 Å². The summed E-state index contributed by atoms with van der Waals surface area (Å²) in [6, 6.07) is 18.4. The van der Waals surface area contributed by atoms with Crippen LogP contribution in [0.3, 0.4) is 0 Å². The molecule has 4 rings (SSSR count). The first kappa shape index (κ1) is 15.1. The number of thiophene rings is 1. The smallest absolute Gasteiger partial charge is 0.241 e. The number of benzene rings is 2. The Kier molecular flexibility index (Phi) is 4.11. The topological polar surface area (TPSA) is 42.2 Å². The van der Waals surface area contributed by atoms with Gasteiger partial charge in [0.2, 0.25) is 11.7 Å². The van der Waals surface area contributed by atoms with Crippen LogP contribution >= 0.6 is 11.3 Å². The van der Waals surface area contributed by atoms with Crippen LogP contribution in [0.4, 0.5) is 0 Å². The Balaban J connectivity index is 1.47. The molecule has 0 bridgehead atoms. The number of rotatable bonds is 5. The summed E-state index contributed by atoms with van der Waals surface area (Å²) in [5, 5.41) is 7.63. The zero-order chi connectivity index (χ0) is 16.4. The summed E-state index contributed by atoms with van der Waals surface area (Å²) in [5.74, 6) is 1.27. The molecule has 0 N–H and O–H groups in total. The lowest BCUT2D eigenvalue weighted by molar-refractivity contribution is 0.261. The highest BCUT2D eigenvalue weighted by molar-refractivity contribution is 7.17. The molecule has 0 radical (unpaired) electrons. The van der Waals surface area contributed by atoms with Crippen molar-refractivity contribution < 1.29 is 4.52 Å². The van der Waals surface area contributed by atoms with Crippen molar-refractivity contribution in [2.75, 3.05) is 7.05 Å². The van der Waals surface area contributed by atoms with Gasteiger partial charge in [0.1, 0.15) is 0 Å². The minimum absolute atomic E-state index is 0.629. The Morgan fingerprint density at radius 3 is 2.67 bits per heavy atom. The van der Waals surface area contributed by atoms with Crippen LogP contribution in [-0.2, 0) is 13.1 Å². The molecule has 0 atom stereocenters. The molecule has 2 heterocycles. The fraction of sp³-hybridized carbons (Fsp3) is 0.158. The van der Waals surface area contributed by atoms with E-state index < -0.39 is 0 Å². The van der Waals surface area contributed by atoms with Gasteiger partial charge >= 0.3 is 0 Å². The quantitative estimate of drug-likeness (QED) is 0.535. The molecule has 24 heavy (non-hydrogen) atoms. The van der Waals surface area contributed by atoms with Gasteiger partial charge in [-0.1, -0.05) is 53.7 Å². The number of aromatic nitrogens is 2. The van der Waals surface area contributed by atoms with Crippen molar-refractivity contribution in [3.63, 3.8) is 0 Å². The van der Waals surface area contributed by atoms with E-state index in [0.29, 0.717) is 18.3 Å². The molecule has 0 fully saturated rings. The number of hydrogen-bond donors (Lipinski definition) is 0. The van der Waals surface area contributed by atoms with Crippen molar-refractivity contribution in [1.29, 1.82) is 0 Å². The molecule has 4 nitrogen and oxygen atoms in total. The second kappa shape index (κ2) is 6.55. The molecule has 0 aliphatic rings. The van der Waals surface area contributed by atoms with E-state index in [0.717, 1.165) is 12.1 Å². The third-order valence-electron chi connectivity index (χ3n) is 3.91. The van der Waals surface area contributed by atoms with Crippen LogP contribution in [-0.4, -0.2) is 22.1 Å². The molecule has 0 aliphatic heterocycles. The third-order valence-corrected chi connectivity index (χ3v) is 4.92. The van der Waals surface area contributed by atoms with Crippen molar-refractivity contribution >= 4 is 21.4 Å². The first-order valence-corrected chi connectivity index (χ1v) is 8.69. The van der Waals surface area contributed by atoms with Crippen LogP contribution in [0, 0.1) is 0 Å². The molecule has 5 heteroatoms. The Bertz CT molecular complexity index is 945.